The number of fused-ring (bicyclic) bond motifs is 2. The molecule has 2 aromatic heterocycles. The smallest absolute Gasteiger partial charge is 0.341 e. The molecule has 0 amide bonds. The van der Waals surface area contributed by atoms with Crippen LogP contribution in [0.4, 0.5) is 23.0 Å². The van der Waals surface area contributed by atoms with Crippen LogP contribution >= 0.6 is 0 Å². The van der Waals surface area contributed by atoms with Gasteiger partial charge in [-0.3, -0.25) is 0 Å². The maximum Gasteiger partial charge on any atom is 0.341 e. The van der Waals surface area contributed by atoms with Crippen LogP contribution in [0.1, 0.15) is 20.7 Å². The van der Waals surface area contributed by atoms with E-state index in [0.29, 0.717) is 11.3 Å². The van der Waals surface area contributed by atoms with E-state index in [1.165, 1.54) is 24.3 Å². The van der Waals surface area contributed by atoms with E-state index in [-0.39, 0.29) is 44.7 Å². The third-order valence-electron chi connectivity index (χ3n) is 6.11. The Labute approximate surface area is 225 Å². The van der Waals surface area contributed by atoms with E-state index in [0.717, 1.165) is 15.0 Å². The van der Waals surface area contributed by atoms with Crippen LogP contribution in [0.25, 0.3) is 16.9 Å². The molecule has 0 aliphatic carbocycles. The van der Waals surface area contributed by atoms with Gasteiger partial charge in [-0.25, -0.2) is 14.3 Å². The summed E-state index contributed by atoms with van der Waals surface area (Å²) in [6.45, 7) is 0. The fraction of sp³-hybridized carbons (Fsp3) is 0. The van der Waals surface area contributed by atoms with Gasteiger partial charge in [0.25, 0.3) is 10.0 Å². The first-order valence-electron chi connectivity index (χ1n) is 11.6. The molecule has 0 bridgehead atoms. The summed E-state index contributed by atoms with van der Waals surface area (Å²) in [7, 11) is -4.11. The molecule has 0 saturated carbocycles. The summed E-state index contributed by atoms with van der Waals surface area (Å²) in [5.74, 6) is -2.91. The van der Waals surface area contributed by atoms with E-state index in [4.69, 9.17) is 0 Å². The van der Waals surface area contributed by atoms with E-state index in [2.05, 4.69) is 25.7 Å². The molecular weight excluding hydrogens is 538 g/mol. The van der Waals surface area contributed by atoms with Gasteiger partial charge in [-0.1, -0.05) is 54.6 Å². The predicted octanol–water partition coefficient (Wildman–Crippen LogP) is 4.84. The second-order valence-electron chi connectivity index (χ2n) is 8.50. The standard InChI is InChI=1S/C26H17N7O6S/c34-25(35)16-10-4-6-12-19(16)32-23(17(14-27-32)26(36)37)30-29-22-21(15-8-2-1-3-9-15)31-33-24(22)28-18-11-5-7-13-20(18)40(33,38)39/h1-14,28H,(H,34,35)(H,36,37)/b30-29+. The Bertz CT molecular complexity index is 1960. The molecule has 0 atom stereocenters. The van der Waals surface area contributed by atoms with Crippen LogP contribution in [0.3, 0.4) is 0 Å². The topological polar surface area (TPSA) is 181 Å². The number of nitrogens with one attached hydrogen (secondary N) is 1. The van der Waals surface area contributed by atoms with Crippen LogP contribution in [0.5, 0.6) is 0 Å². The minimum Gasteiger partial charge on any atom is -0.478 e. The van der Waals surface area contributed by atoms with Crippen LogP contribution in [-0.2, 0) is 10.0 Å². The second kappa shape index (κ2) is 9.28. The van der Waals surface area contributed by atoms with Gasteiger partial charge >= 0.3 is 11.9 Å². The van der Waals surface area contributed by atoms with Gasteiger partial charge in [0.2, 0.25) is 0 Å². The van der Waals surface area contributed by atoms with Gasteiger partial charge in [0, 0.05) is 5.56 Å². The Kier molecular flexibility index (Phi) is 5.73. The average Bonchev–Trinajstić information content (AvgIpc) is 3.54. The molecule has 13 nitrogen and oxygen atoms in total. The summed E-state index contributed by atoms with van der Waals surface area (Å²) in [5, 5.41) is 39.3. The van der Waals surface area contributed by atoms with Crippen molar-refractivity contribution in [2.24, 2.45) is 10.2 Å². The minimum absolute atomic E-state index is 0.00446. The summed E-state index contributed by atoms with van der Waals surface area (Å²) >= 11 is 0. The highest BCUT2D eigenvalue weighted by atomic mass is 32.2. The lowest BCUT2D eigenvalue weighted by Crippen LogP contribution is -2.22. The summed E-state index contributed by atoms with van der Waals surface area (Å²) < 4.78 is 28.8. The SMILES string of the molecule is O=C(O)c1ccccc1-n1ncc(C(=O)O)c1/N=N/c1c(-c2ccccc2)nn2c1Nc1ccccc1S2(=O)=O. The lowest BCUT2D eigenvalue weighted by atomic mass is 10.1. The van der Waals surface area contributed by atoms with E-state index in [9.17, 15) is 28.2 Å². The van der Waals surface area contributed by atoms with Crippen molar-refractivity contribution in [2.45, 2.75) is 4.90 Å². The quantitative estimate of drug-likeness (QED) is 0.242. The number of para-hydroxylation sites is 2. The molecule has 1 aliphatic heterocycles. The molecule has 3 heterocycles. The summed E-state index contributed by atoms with van der Waals surface area (Å²) in [6.07, 6.45) is 1.03. The molecule has 198 valence electrons. The van der Waals surface area contributed by atoms with Crippen molar-refractivity contribution in [1.82, 2.24) is 19.0 Å². The van der Waals surface area contributed by atoms with Crippen molar-refractivity contribution in [1.29, 1.82) is 0 Å². The maximum absolute atomic E-state index is 13.4. The van der Waals surface area contributed by atoms with E-state index < -0.39 is 22.0 Å². The van der Waals surface area contributed by atoms with Gasteiger partial charge in [0.1, 0.15) is 16.2 Å². The number of carboxylic acids is 2. The molecule has 0 fully saturated rings. The molecule has 3 N–H and O–H groups in total. The molecule has 3 aromatic carbocycles. The van der Waals surface area contributed by atoms with Crippen molar-refractivity contribution >= 4 is 45.0 Å². The highest BCUT2D eigenvalue weighted by Gasteiger charge is 2.34. The number of azo groups is 1. The van der Waals surface area contributed by atoms with Crippen molar-refractivity contribution in [2.75, 3.05) is 5.32 Å². The molecule has 14 heteroatoms. The Balaban J connectivity index is 1.58. The fourth-order valence-corrected chi connectivity index (χ4v) is 5.67. The van der Waals surface area contributed by atoms with Crippen LogP contribution in [0.15, 0.2) is 100 Å². The average molecular weight is 556 g/mol. The number of aromatic nitrogens is 4. The minimum atomic E-state index is -4.11. The van der Waals surface area contributed by atoms with Gasteiger partial charge in [-0.2, -0.15) is 18.6 Å². The summed E-state index contributed by atoms with van der Waals surface area (Å²) in [5.41, 5.74) is 0.581. The molecular formula is C26H17N7O6S. The number of benzene rings is 3. The van der Waals surface area contributed by atoms with E-state index >= 15 is 0 Å². The molecule has 0 unspecified atom stereocenters. The summed E-state index contributed by atoms with van der Waals surface area (Å²) in [4.78, 5) is 23.9. The number of hydrogen-bond donors (Lipinski definition) is 3. The first-order valence-corrected chi connectivity index (χ1v) is 13.1. The highest BCUT2D eigenvalue weighted by Crippen LogP contribution is 2.44. The van der Waals surface area contributed by atoms with Crippen molar-refractivity contribution in [3.63, 3.8) is 0 Å². The van der Waals surface area contributed by atoms with Crippen LogP contribution in [0, 0.1) is 0 Å². The zero-order chi connectivity index (χ0) is 28.0. The van der Waals surface area contributed by atoms with Crippen LogP contribution < -0.4 is 5.32 Å². The van der Waals surface area contributed by atoms with E-state index in [1.807, 2.05) is 0 Å². The van der Waals surface area contributed by atoms with Gasteiger partial charge < -0.3 is 15.5 Å². The second-order valence-corrected chi connectivity index (χ2v) is 10.2. The van der Waals surface area contributed by atoms with Gasteiger partial charge in [0.05, 0.1) is 23.1 Å². The van der Waals surface area contributed by atoms with Gasteiger partial charge in [0.15, 0.2) is 17.3 Å². The number of anilines is 2. The first kappa shape index (κ1) is 24.7. The number of carbonyl (C=O) groups is 2. The maximum atomic E-state index is 13.4. The zero-order valence-corrected chi connectivity index (χ0v) is 21.0. The Morgan fingerprint density at radius 2 is 1.50 bits per heavy atom. The Morgan fingerprint density at radius 3 is 2.25 bits per heavy atom. The predicted molar refractivity (Wildman–Crippen MR) is 142 cm³/mol. The van der Waals surface area contributed by atoms with Gasteiger partial charge in [-0.15, -0.1) is 14.3 Å². The van der Waals surface area contributed by atoms with Crippen molar-refractivity contribution < 1.29 is 28.2 Å². The van der Waals surface area contributed by atoms with E-state index in [1.54, 1.807) is 54.6 Å². The number of aromatic carboxylic acids is 2. The molecule has 6 rings (SSSR count). The summed E-state index contributed by atoms with van der Waals surface area (Å²) in [6, 6.07) is 20.9. The van der Waals surface area contributed by atoms with Crippen molar-refractivity contribution in [3.8, 4) is 16.9 Å². The normalized spacial score (nSPS) is 13.4. The third-order valence-corrected chi connectivity index (χ3v) is 7.74. The molecule has 5 aromatic rings. The largest absolute Gasteiger partial charge is 0.478 e. The van der Waals surface area contributed by atoms with Crippen LogP contribution in [-0.4, -0.2) is 49.5 Å². The molecule has 40 heavy (non-hydrogen) atoms. The number of hydrogen-bond acceptors (Lipinski definition) is 9. The fourth-order valence-electron chi connectivity index (χ4n) is 4.27. The number of rotatable bonds is 6. The lowest BCUT2D eigenvalue weighted by molar-refractivity contribution is 0.0687. The first-order chi connectivity index (χ1) is 19.3. The molecule has 0 spiro atoms. The zero-order valence-electron chi connectivity index (χ0n) is 20.2. The monoisotopic (exact) mass is 555 g/mol. The Morgan fingerprint density at radius 1 is 0.825 bits per heavy atom. The number of carboxylic acid groups (broad SMARTS) is 2. The highest BCUT2D eigenvalue weighted by molar-refractivity contribution is 7.90. The van der Waals surface area contributed by atoms with Crippen molar-refractivity contribution in [3.05, 3.63) is 96.2 Å². The third kappa shape index (κ3) is 3.90. The molecule has 0 saturated heterocycles. The lowest BCUT2D eigenvalue weighted by Gasteiger charge is -2.19. The molecule has 1 aliphatic rings. The van der Waals surface area contributed by atoms with Crippen LogP contribution in [0.2, 0.25) is 0 Å². The number of nitrogens with zero attached hydrogens (tertiary/aromatic N) is 6. The van der Waals surface area contributed by atoms with Gasteiger partial charge in [-0.05, 0) is 24.3 Å². The Hall–Kier alpha value is -5.63. The molecule has 0 radical (unpaired) electrons.